The number of nitrogens with zero attached hydrogens (tertiary/aromatic N) is 1. The first-order valence-electron chi connectivity index (χ1n) is 9.32. The Labute approximate surface area is 169 Å². The lowest BCUT2D eigenvalue weighted by atomic mass is 10.0. The van der Waals surface area contributed by atoms with Crippen LogP contribution >= 0.6 is 0 Å². The van der Waals surface area contributed by atoms with Crippen LogP contribution in [0.15, 0.2) is 103 Å². The fourth-order valence-corrected chi connectivity index (χ4v) is 3.11. The van der Waals surface area contributed by atoms with Gasteiger partial charge in [0.2, 0.25) is 6.54 Å². The van der Waals surface area contributed by atoms with Crippen molar-refractivity contribution in [2.24, 2.45) is 0 Å². The molecule has 0 amide bonds. The number of rotatable bonds is 5. The van der Waals surface area contributed by atoms with E-state index in [1.165, 1.54) is 0 Å². The summed E-state index contributed by atoms with van der Waals surface area (Å²) in [6.07, 6.45) is 9.62. The second-order valence-corrected chi connectivity index (χ2v) is 6.69. The van der Waals surface area contributed by atoms with Crippen molar-refractivity contribution in [3.63, 3.8) is 0 Å². The van der Waals surface area contributed by atoms with Crippen molar-refractivity contribution in [2.45, 2.75) is 6.54 Å². The molecular weight excluding hydrogens is 362 g/mol. The molecule has 0 saturated heterocycles. The normalized spacial score (nSPS) is 13.2. The highest BCUT2D eigenvalue weighted by Gasteiger charge is 2.15. The van der Waals surface area contributed by atoms with Crippen molar-refractivity contribution < 1.29 is 19.2 Å². The van der Waals surface area contributed by atoms with Crippen molar-refractivity contribution in [2.75, 3.05) is 0 Å². The maximum atomic E-state index is 10.9. The van der Waals surface area contributed by atoms with Gasteiger partial charge in [-0.15, -0.1) is 0 Å². The average molecular weight is 382 g/mol. The fourth-order valence-electron chi connectivity index (χ4n) is 3.11. The molecule has 1 aromatic heterocycles. The third-order valence-corrected chi connectivity index (χ3v) is 4.50. The zero-order chi connectivity index (χ0) is 20.1. The number of allylic oxidation sites excluding steroid dienone is 3. The van der Waals surface area contributed by atoms with Crippen molar-refractivity contribution in [3.05, 3.63) is 120 Å². The third-order valence-electron chi connectivity index (χ3n) is 4.50. The predicted molar refractivity (Wildman–Crippen MR) is 112 cm³/mol. The Balaban J connectivity index is 1.70. The van der Waals surface area contributed by atoms with Crippen LogP contribution in [0.25, 0.3) is 17.6 Å². The van der Waals surface area contributed by atoms with Crippen LogP contribution in [0.1, 0.15) is 16.7 Å². The van der Waals surface area contributed by atoms with Crippen molar-refractivity contribution in [1.82, 2.24) is 0 Å². The number of carboxylic acids is 1. The number of hydrogen-bond donors (Lipinski definition) is 1. The van der Waals surface area contributed by atoms with E-state index in [0.717, 1.165) is 33.8 Å². The highest BCUT2D eigenvalue weighted by molar-refractivity contribution is 5.80. The van der Waals surface area contributed by atoms with Gasteiger partial charge in [-0.3, -0.25) is 0 Å². The molecule has 4 rings (SSSR count). The standard InChI is InChI=1S/C25H19NO3/c27-25(28)18-26-13-11-19(12-14-26)15-20-16-23(21-7-3-1-4-8-21)29-24(17-20)22-9-5-2-6-10-22/h1-17H,18H2/p+1. The first kappa shape index (κ1) is 18.4. The Morgan fingerprint density at radius 2 is 1.34 bits per heavy atom. The van der Waals surface area contributed by atoms with Crippen LogP contribution in [0.2, 0.25) is 0 Å². The van der Waals surface area contributed by atoms with E-state index in [2.05, 4.69) is 6.08 Å². The van der Waals surface area contributed by atoms with Crippen molar-refractivity contribution >= 4 is 23.6 Å². The molecule has 0 radical (unpaired) electrons. The molecule has 0 bridgehead atoms. The average Bonchev–Trinajstić information content (AvgIpc) is 2.76. The van der Waals surface area contributed by atoms with Crippen LogP contribution in [0.4, 0.5) is 0 Å². The van der Waals surface area contributed by atoms with Gasteiger partial charge < -0.3 is 9.84 Å². The maximum Gasteiger partial charge on any atom is 0.370 e. The molecule has 3 aromatic rings. The number of aromatic nitrogens is 1. The Kier molecular flexibility index (Phi) is 5.34. The second-order valence-electron chi connectivity index (χ2n) is 6.69. The topological polar surface area (TPSA) is 50.4 Å². The zero-order valence-electron chi connectivity index (χ0n) is 15.7. The smallest absolute Gasteiger partial charge is 0.370 e. The van der Waals surface area contributed by atoms with E-state index >= 15 is 0 Å². The lowest BCUT2D eigenvalue weighted by Crippen LogP contribution is -2.36. The van der Waals surface area contributed by atoms with Crippen LogP contribution in [0.5, 0.6) is 0 Å². The van der Waals surface area contributed by atoms with Gasteiger partial charge in [-0.05, 0) is 29.4 Å². The SMILES string of the molecule is O=C(O)C[n+]1ccc(C=C2C=C(c3ccccc3)OC(c3ccccc3)=C2)cc1. The molecule has 2 heterocycles. The van der Waals surface area contributed by atoms with Crippen LogP contribution < -0.4 is 4.57 Å². The molecule has 0 atom stereocenters. The zero-order valence-corrected chi connectivity index (χ0v) is 15.7. The Morgan fingerprint density at radius 1 is 0.828 bits per heavy atom. The van der Waals surface area contributed by atoms with Crippen molar-refractivity contribution in [1.29, 1.82) is 0 Å². The van der Waals surface area contributed by atoms with Gasteiger partial charge in [-0.2, -0.15) is 4.57 Å². The summed E-state index contributed by atoms with van der Waals surface area (Å²) >= 11 is 0. The van der Waals surface area contributed by atoms with Gasteiger partial charge in [0.25, 0.3) is 0 Å². The molecule has 2 aromatic carbocycles. The third kappa shape index (κ3) is 4.68. The summed E-state index contributed by atoms with van der Waals surface area (Å²) in [4.78, 5) is 10.9. The maximum absolute atomic E-state index is 10.9. The van der Waals surface area contributed by atoms with E-state index in [9.17, 15) is 4.79 Å². The molecule has 1 aliphatic rings. The Hall–Kier alpha value is -3.92. The molecule has 4 heteroatoms. The molecule has 0 saturated carbocycles. The van der Waals surface area contributed by atoms with Gasteiger partial charge in [0.15, 0.2) is 12.4 Å². The van der Waals surface area contributed by atoms with Gasteiger partial charge in [-0.1, -0.05) is 60.7 Å². The Morgan fingerprint density at radius 3 is 1.83 bits per heavy atom. The molecule has 1 aliphatic heterocycles. The monoisotopic (exact) mass is 382 g/mol. The summed E-state index contributed by atoms with van der Waals surface area (Å²) in [6.45, 7) is -0.0548. The molecule has 0 spiro atoms. The molecule has 4 nitrogen and oxygen atoms in total. The molecule has 1 N–H and O–H groups in total. The van der Waals surface area contributed by atoms with Crippen LogP contribution in [0, 0.1) is 0 Å². The van der Waals surface area contributed by atoms with Crippen LogP contribution in [-0.2, 0) is 16.1 Å². The molecule has 29 heavy (non-hydrogen) atoms. The van der Waals surface area contributed by atoms with E-state index in [0.29, 0.717) is 0 Å². The number of carboxylic acid groups (broad SMARTS) is 1. The van der Waals surface area contributed by atoms with Crippen molar-refractivity contribution in [3.8, 4) is 0 Å². The van der Waals surface area contributed by atoms with Gasteiger partial charge in [0, 0.05) is 23.3 Å². The highest BCUT2D eigenvalue weighted by Crippen LogP contribution is 2.32. The van der Waals surface area contributed by atoms with Crippen LogP contribution in [0.3, 0.4) is 0 Å². The summed E-state index contributed by atoms with van der Waals surface area (Å²) in [5, 5.41) is 8.91. The first-order chi connectivity index (χ1) is 14.2. The highest BCUT2D eigenvalue weighted by atomic mass is 16.5. The lowest BCUT2D eigenvalue weighted by molar-refractivity contribution is -0.685. The predicted octanol–water partition coefficient (Wildman–Crippen LogP) is 4.55. The summed E-state index contributed by atoms with van der Waals surface area (Å²) in [5.41, 5.74) is 4.00. The van der Waals surface area contributed by atoms with Gasteiger partial charge in [-0.25, -0.2) is 4.79 Å². The van der Waals surface area contributed by atoms with Gasteiger partial charge >= 0.3 is 5.97 Å². The van der Waals surface area contributed by atoms with E-state index in [4.69, 9.17) is 9.84 Å². The Bertz CT molecular complexity index is 1040. The van der Waals surface area contributed by atoms with E-state index < -0.39 is 5.97 Å². The number of hydrogen-bond acceptors (Lipinski definition) is 2. The number of ether oxygens (including phenoxy) is 1. The van der Waals surface area contributed by atoms with E-state index in [1.807, 2.05) is 84.9 Å². The number of aliphatic carboxylic acids is 1. The quantitative estimate of drug-likeness (QED) is 0.659. The summed E-state index contributed by atoms with van der Waals surface area (Å²) < 4.78 is 7.83. The molecule has 0 fully saturated rings. The minimum absolute atomic E-state index is 0.0548. The van der Waals surface area contributed by atoms with Gasteiger partial charge in [0.05, 0.1) is 0 Å². The second kappa shape index (κ2) is 8.40. The number of benzene rings is 2. The van der Waals surface area contributed by atoms with Crippen LogP contribution in [-0.4, -0.2) is 11.1 Å². The van der Waals surface area contributed by atoms with E-state index in [1.54, 1.807) is 17.0 Å². The van der Waals surface area contributed by atoms with E-state index in [-0.39, 0.29) is 6.54 Å². The number of pyridine rings is 1. The van der Waals surface area contributed by atoms with Gasteiger partial charge in [0.1, 0.15) is 11.5 Å². The first-order valence-corrected chi connectivity index (χ1v) is 9.32. The lowest BCUT2D eigenvalue weighted by Gasteiger charge is -2.19. The minimum atomic E-state index is -0.864. The largest absolute Gasteiger partial charge is 0.477 e. The minimum Gasteiger partial charge on any atom is -0.477 e. The summed E-state index contributed by atoms with van der Waals surface area (Å²) in [5.74, 6) is 0.710. The fraction of sp³-hybridized carbons (Fsp3) is 0.0400. The molecule has 142 valence electrons. The molecule has 0 aliphatic carbocycles. The molecule has 0 unspecified atom stereocenters. The molecular formula is C25H20NO3+. The summed E-state index contributed by atoms with van der Waals surface area (Å²) in [6, 6.07) is 23.8. The number of carbonyl (C=O) groups is 1. The summed E-state index contributed by atoms with van der Waals surface area (Å²) in [7, 11) is 0.